The number of hydrogen-bond donors (Lipinski definition) is 3. The van der Waals surface area contributed by atoms with Crippen LogP contribution < -0.4 is 11.1 Å². The number of nitrogens with one attached hydrogen (secondary N) is 1. The number of thioether (sulfide) groups is 1. The molecule has 40 heavy (non-hydrogen) atoms. The van der Waals surface area contributed by atoms with Gasteiger partial charge in [-0.3, -0.25) is 14.4 Å². The van der Waals surface area contributed by atoms with E-state index in [2.05, 4.69) is 11.4 Å². The van der Waals surface area contributed by atoms with E-state index in [1.54, 1.807) is 30.3 Å². The second-order valence-corrected chi connectivity index (χ2v) is 9.47. The van der Waals surface area contributed by atoms with Crippen molar-refractivity contribution in [3.8, 4) is 12.1 Å². The van der Waals surface area contributed by atoms with Crippen molar-refractivity contribution in [2.75, 3.05) is 0 Å². The maximum atomic E-state index is 12.0. The zero-order chi connectivity index (χ0) is 29.6. The number of carbonyl (C=O) groups excluding carboxylic acids is 3. The molecule has 1 unspecified atom stereocenters. The normalized spacial score (nSPS) is 25.9. The molecule has 0 radical (unpaired) electrons. The fourth-order valence-electron chi connectivity index (χ4n) is 4.13. The number of carbonyl (C=O) groups is 4. The molecule has 0 amide bonds. The molecule has 4 N–H and O–H groups in total. The molecule has 1 saturated heterocycles. The lowest BCUT2D eigenvalue weighted by molar-refractivity contribution is -0.277. The molecule has 14 nitrogen and oxygen atoms in total. The quantitative estimate of drug-likeness (QED) is 0.312. The Hall–Kier alpha value is -4.73. The van der Waals surface area contributed by atoms with Gasteiger partial charge in [-0.25, -0.2) is 4.79 Å². The van der Waals surface area contributed by atoms with Gasteiger partial charge in [-0.2, -0.15) is 10.5 Å². The van der Waals surface area contributed by atoms with Gasteiger partial charge in [0.2, 0.25) is 12.4 Å². The van der Waals surface area contributed by atoms with Gasteiger partial charge in [0, 0.05) is 20.8 Å². The number of allylic oxidation sites excluding steroid dienone is 2. The highest BCUT2D eigenvalue weighted by Crippen LogP contribution is 2.43. The van der Waals surface area contributed by atoms with Crippen molar-refractivity contribution in [1.82, 2.24) is 5.32 Å². The van der Waals surface area contributed by atoms with Crippen LogP contribution in [0.4, 0.5) is 4.79 Å². The number of nitrogens with zero attached hydrogens (tertiary/aromatic N) is 2. The number of rotatable bonds is 7. The zero-order valence-electron chi connectivity index (χ0n) is 21.4. The molecule has 1 aromatic rings. The number of hydrogen-bond acceptors (Lipinski definition) is 14. The second kappa shape index (κ2) is 12.9. The fourth-order valence-corrected chi connectivity index (χ4v) is 5.33. The minimum atomic E-state index is -1.81. The lowest BCUT2D eigenvalue weighted by Crippen LogP contribution is -2.61. The van der Waals surface area contributed by atoms with Gasteiger partial charge in [0.05, 0.1) is 34.2 Å². The van der Waals surface area contributed by atoms with Crippen LogP contribution in [0.25, 0.3) is 0 Å². The number of nitrogens with two attached hydrogens (primary N) is 1. The molecule has 15 heteroatoms. The maximum Gasteiger partial charge on any atom is 0.506 e. The van der Waals surface area contributed by atoms with E-state index in [1.807, 2.05) is 6.07 Å². The van der Waals surface area contributed by atoms with Gasteiger partial charge in [0.15, 0.2) is 17.6 Å². The Balaban J connectivity index is 2.13. The summed E-state index contributed by atoms with van der Waals surface area (Å²) in [6, 6.07) is 12.7. The van der Waals surface area contributed by atoms with Crippen molar-refractivity contribution in [2.45, 2.75) is 56.7 Å². The van der Waals surface area contributed by atoms with Gasteiger partial charge in [-0.1, -0.05) is 42.1 Å². The molecule has 2 heterocycles. The Bertz CT molecular complexity index is 1330. The molecule has 0 spiro atoms. The van der Waals surface area contributed by atoms with E-state index < -0.39 is 60.0 Å². The third-order valence-electron chi connectivity index (χ3n) is 5.54. The molecule has 2 aliphatic heterocycles. The van der Waals surface area contributed by atoms with Gasteiger partial charge < -0.3 is 39.8 Å². The standard InChI is InChI=1S/C25H24N4O10S/c1-11(30)35-18-19(38-25(33)34)23(37-13(3)32)39-24(20(18)36-12(2)31)40-22-16(10-27)17(14-7-5-4-6-8-14)15(9-26)21(28)29-22/h4-8,17-20,23-24,29H,28H2,1-3H3,(H,33,34)/t17?,18-,19+,20+,23-,24-/m0/s1. The molecule has 3 rings (SSSR count). The Morgan fingerprint density at radius 1 is 0.900 bits per heavy atom. The first-order valence-electron chi connectivity index (χ1n) is 11.6. The number of nitriles is 2. The molecule has 0 aliphatic carbocycles. The van der Waals surface area contributed by atoms with Crippen LogP contribution in [0.3, 0.4) is 0 Å². The van der Waals surface area contributed by atoms with Crippen molar-refractivity contribution >= 4 is 35.8 Å². The van der Waals surface area contributed by atoms with Crippen LogP contribution in [-0.4, -0.2) is 59.2 Å². The van der Waals surface area contributed by atoms with Gasteiger partial charge in [-0.15, -0.1) is 0 Å². The first-order chi connectivity index (χ1) is 19.0. The third-order valence-corrected chi connectivity index (χ3v) is 6.71. The predicted molar refractivity (Wildman–Crippen MR) is 134 cm³/mol. The Morgan fingerprint density at radius 2 is 1.48 bits per heavy atom. The van der Waals surface area contributed by atoms with Crippen molar-refractivity contribution in [3.63, 3.8) is 0 Å². The van der Waals surface area contributed by atoms with Crippen LogP contribution >= 0.6 is 11.8 Å². The topological polar surface area (TPSA) is 220 Å². The summed E-state index contributed by atoms with van der Waals surface area (Å²) < 4.78 is 26.4. The Morgan fingerprint density at radius 3 is 2.00 bits per heavy atom. The number of benzene rings is 1. The molecule has 2 aliphatic rings. The Labute approximate surface area is 232 Å². The Kier molecular flexibility index (Phi) is 9.60. The SMILES string of the molecule is CC(=O)O[C@H]1O[C@@H](SC2=C(C#N)C(c3ccccc3)C(C#N)=C(N)N2)[C@H](OC(C)=O)[C@@H](OC(C)=O)[C@H]1OC(=O)O. The summed E-state index contributed by atoms with van der Waals surface area (Å²) in [5, 5.41) is 32.1. The molecule has 1 aromatic carbocycles. The molecule has 0 saturated carbocycles. The van der Waals surface area contributed by atoms with Crippen molar-refractivity contribution in [2.24, 2.45) is 5.73 Å². The monoisotopic (exact) mass is 572 g/mol. The van der Waals surface area contributed by atoms with Gasteiger partial charge in [0.25, 0.3) is 0 Å². The van der Waals surface area contributed by atoms with E-state index in [9.17, 15) is 34.8 Å². The summed E-state index contributed by atoms with van der Waals surface area (Å²) in [4.78, 5) is 47.3. The first-order valence-corrected chi connectivity index (χ1v) is 12.4. The van der Waals surface area contributed by atoms with E-state index in [0.29, 0.717) is 5.56 Å². The average Bonchev–Trinajstić information content (AvgIpc) is 2.87. The van der Waals surface area contributed by atoms with E-state index in [0.717, 1.165) is 32.5 Å². The smallest absolute Gasteiger partial charge is 0.455 e. The van der Waals surface area contributed by atoms with Gasteiger partial charge >= 0.3 is 24.1 Å². The summed E-state index contributed by atoms with van der Waals surface area (Å²) in [5.74, 6) is -3.56. The molecular formula is C25H24N4O10S. The van der Waals surface area contributed by atoms with E-state index in [1.165, 1.54) is 0 Å². The third kappa shape index (κ3) is 6.82. The van der Waals surface area contributed by atoms with Crippen LogP contribution in [0, 0.1) is 22.7 Å². The first kappa shape index (κ1) is 29.8. The van der Waals surface area contributed by atoms with Gasteiger partial charge in [-0.05, 0) is 5.56 Å². The molecule has 210 valence electrons. The minimum Gasteiger partial charge on any atom is -0.455 e. The highest BCUT2D eigenvalue weighted by molar-refractivity contribution is 8.03. The lowest BCUT2D eigenvalue weighted by Gasteiger charge is -2.43. The predicted octanol–water partition coefficient (Wildman–Crippen LogP) is 1.71. The van der Waals surface area contributed by atoms with Gasteiger partial charge in [0.1, 0.15) is 5.82 Å². The van der Waals surface area contributed by atoms with E-state index in [4.69, 9.17) is 29.4 Å². The average molecular weight is 573 g/mol. The summed E-state index contributed by atoms with van der Waals surface area (Å²) in [6.45, 7) is 3.11. The summed E-state index contributed by atoms with van der Waals surface area (Å²) in [6.07, 6.45) is -8.46. The summed E-state index contributed by atoms with van der Waals surface area (Å²) >= 11 is 0.759. The number of carboxylic acid groups (broad SMARTS) is 1. The highest BCUT2D eigenvalue weighted by atomic mass is 32.2. The fraction of sp³-hybridized carbons (Fsp3) is 0.360. The van der Waals surface area contributed by atoms with Crippen LogP contribution in [0.2, 0.25) is 0 Å². The lowest BCUT2D eigenvalue weighted by atomic mass is 9.84. The molecule has 1 fully saturated rings. The van der Waals surface area contributed by atoms with Crippen LogP contribution in [0.1, 0.15) is 32.3 Å². The van der Waals surface area contributed by atoms with E-state index >= 15 is 0 Å². The molecular weight excluding hydrogens is 548 g/mol. The largest absolute Gasteiger partial charge is 0.506 e. The summed E-state index contributed by atoms with van der Waals surface area (Å²) in [7, 11) is 0. The second-order valence-electron chi connectivity index (χ2n) is 8.36. The highest BCUT2D eigenvalue weighted by Gasteiger charge is 2.54. The van der Waals surface area contributed by atoms with Crippen molar-refractivity contribution in [3.05, 3.63) is 57.9 Å². The number of esters is 3. The van der Waals surface area contributed by atoms with Crippen molar-refractivity contribution < 1.29 is 48.0 Å². The van der Waals surface area contributed by atoms with Crippen LogP contribution in [0.15, 0.2) is 52.3 Å². The van der Waals surface area contributed by atoms with E-state index in [-0.39, 0.29) is 22.0 Å². The molecule has 0 aromatic heterocycles. The number of ether oxygens (including phenoxy) is 5. The zero-order valence-corrected chi connectivity index (χ0v) is 22.2. The molecule has 0 bridgehead atoms. The number of dihydropyridines is 1. The summed E-state index contributed by atoms with van der Waals surface area (Å²) in [5.41, 5.74) is 5.51. The van der Waals surface area contributed by atoms with Crippen LogP contribution in [-0.2, 0) is 38.1 Å². The molecule has 6 atom stereocenters. The minimum absolute atomic E-state index is 0.0575. The van der Waals surface area contributed by atoms with Crippen molar-refractivity contribution in [1.29, 1.82) is 10.5 Å². The maximum absolute atomic E-state index is 12.0. The van der Waals surface area contributed by atoms with Crippen LogP contribution in [0.5, 0.6) is 0 Å².